The molecule has 0 saturated heterocycles. The van der Waals surface area contributed by atoms with Crippen molar-refractivity contribution in [2.45, 2.75) is 6.92 Å². The van der Waals surface area contributed by atoms with Gasteiger partial charge in [-0.15, -0.1) is 0 Å². The molecule has 1 aromatic heterocycles. The molecule has 2 N–H and O–H groups in total. The van der Waals surface area contributed by atoms with Gasteiger partial charge in [0.1, 0.15) is 10.7 Å². The molecule has 0 spiro atoms. The number of aromatic nitrogens is 1. The summed E-state index contributed by atoms with van der Waals surface area (Å²) in [5.74, 6) is 0.716. The van der Waals surface area contributed by atoms with E-state index in [1.54, 1.807) is 20.2 Å². The molecule has 0 aliphatic rings. The van der Waals surface area contributed by atoms with Crippen LogP contribution in [0, 0.1) is 6.92 Å². The van der Waals surface area contributed by atoms with E-state index in [1.165, 1.54) is 4.57 Å². The van der Waals surface area contributed by atoms with Crippen LogP contribution in [-0.2, 0) is 7.05 Å². The number of nitrogens with zero attached hydrogens (tertiary/aromatic N) is 1. The molecular weight excluding hydrogens is 272 g/mol. The Hall–Kier alpha value is -2.14. The van der Waals surface area contributed by atoms with Gasteiger partial charge in [0.05, 0.1) is 18.4 Å². The van der Waals surface area contributed by atoms with Gasteiger partial charge in [-0.1, -0.05) is 23.8 Å². The number of hydrogen-bond donors (Lipinski definition) is 1. The Labute approximate surface area is 122 Å². The molecule has 0 bridgehead atoms. The number of methoxy groups -OCH3 is 1. The van der Waals surface area contributed by atoms with Crippen LogP contribution in [-0.4, -0.2) is 16.7 Å². The van der Waals surface area contributed by atoms with Crippen LogP contribution in [0.3, 0.4) is 0 Å². The first-order valence-corrected chi connectivity index (χ1v) is 6.51. The number of hydrogen-bond acceptors (Lipinski definition) is 3. The molecule has 0 atom stereocenters. The van der Waals surface area contributed by atoms with Crippen molar-refractivity contribution in [3.05, 3.63) is 51.8 Å². The lowest BCUT2D eigenvalue weighted by Crippen LogP contribution is -2.28. The van der Waals surface area contributed by atoms with Crippen LogP contribution < -0.4 is 16.0 Å². The summed E-state index contributed by atoms with van der Waals surface area (Å²) in [7, 11) is 3.30. The summed E-state index contributed by atoms with van der Waals surface area (Å²) in [5, 5.41) is 0. The quantitative estimate of drug-likeness (QED) is 0.878. The van der Waals surface area contributed by atoms with Gasteiger partial charge in [0.15, 0.2) is 0 Å². The number of rotatable bonds is 3. The first-order valence-electron chi connectivity index (χ1n) is 6.10. The Balaban J connectivity index is 2.72. The fraction of sp³-hybridized carbons (Fsp3) is 0.200. The third kappa shape index (κ3) is 2.44. The van der Waals surface area contributed by atoms with E-state index in [1.807, 2.05) is 31.2 Å². The van der Waals surface area contributed by atoms with Gasteiger partial charge in [-0.25, -0.2) is 0 Å². The molecule has 5 heteroatoms. The van der Waals surface area contributed by atoms with Gasteiger partial charge in [-0.2, -0.15) is 0 Å². The van der Waals surface area contributed by atoms with E-state index in [4.69, 9.17) is 22.7 Å². The molecule has 2 rings (SSSR count). The van der Waals surface area contributed by atoms with E-state index in [2.05, 4.69) is 0 Å². The SMILES string of the molecule is COc1ccc(C)cc1-c1ccc(C(N)=S)c(=O)n1C. The Morgan fingerprint density at radius 2 is 2.00 bits per heavy atom. The van der Waals surface area contributed by atoms with E-state index in [9.17, 15) is 4.79 Å². The van der Waals surface area contributed by atoms with Gasteiger partial charge >= 0.3 is 0 Å². The Bertz CT molecular complexity index is 735. The lowest BCUT2D eigenvalue weighted by molar-refractivity contribution is 0.416. The lowest BCUT2D eigenvalue weighted by Gasteiger charge is -2.14. The standard InChI is InChI=1S/C15H16N2O2S/c1-9-4-7-13(19-3)11(8-9)12-6-5-10(14(16)20)15(18)17(12)2/h4-8H,1-3H3,(H2,16,20). The number of benzene rings is 1. The van der Waals surface area contributed by atoms with Gasteiger partial charge in [-0.3, -0.25) is 4.79 Å². The zero-order valence-corrected chi connectivity index (χ0v) is 12.5. The zero-order chi connectivity index (χ0) is 14.9. The summed E-state index contributed by atoms with van der Waals surface area (Å²) < 4.78 is 6.89. The molecule has 104 valence electrons. The fourth-order valence-corrected chi connectivity index (χ4v) is 2.27. The van der Waals surface area contributed by atoms with Crippen molar-refractivity contribution < 1.29 is 4.74 Å². The average Bonchev–Trinajstić information content (AvgIpc) is 2.41. The van der Waals surface area contributed by atoms with Crippen molar-refractivity contribution in [3.8, 4) is 17.0 Å². The molecule has 0 saturated carbocycles. The first kappa shape index (κ1) is 14.3. The highest BCUT2D eigenvalue weighted by atomic mass is 32.1. The molecule has 1 aromatic carbocycles. The third-order valence-electron chi connectivity index (χ3n) is 3.20. The number of ether oxygens (including phenoxy) is 1. The van der Waals surface area contributed by atoms with Crippen LogP contribution in [0.15, 0.2) is 35.1 Å². The van der Waals surface area contributed by atoms with Crippen molar-refractivity contribution in [3.63, 3.8) is 0 Å². The number of aryl methyl sites for hydroxylation is 1. The Morgan fingerprint density at radius 1 is 1.30 bits per heavy atom. The number of thiocarbonyl (C=S) groups is 1. The minimum atomic E-state index is -0.210. The minimum Gasteiger partial charge on any atom is -0.496 e. The Kier molecular flexibility index (Phi) is 3.90. The second-order valence-electron chi connectivity index (χ2n) is 4.56. The summed E-state index contributed by atoms with van der Waals surface area (Å²) in [4.78, 5) is 12.3. The normalized spacial score (nSPS) is 10.3. The monoisotopic (exact) mass is 288 g/mol. The first-order chi connectivity index (χ1) is 9.45. The highest BCUT2D eigenvalue weighted by molar-refractivity contribution is 7.80. The second kappa shape index (κ2) is 5.46. The highest BCUT2D eigenvalue weighted by Crippen LogP contribution is 2.29. The summed E-state index contributed by atoms with van der Waals surface area (Å²) in [5.41, 5.74) is 8.39. The number of nitrogens with two attached hydrogens (primary N) is 1. The molecule has 1 heterocycles. The van der Waals surface area contributed by atoms with Crippen molar-refractivity contribution >= 4 is 17.2 Å². The predicted octanol–water partition coefficient (Wildman–Crippen LogP) is 2.00. The van der Waals surface area contributed by atoms with Gasteiger partial charge < -0.3 is 15.0 Å². The summed E-state index contributed by atoms with van der Waals surface area (Å²) >= 11 is 4.88. The van der Waals surface area contributed by atoms with Crippen molar-refractivity contribution in [2.24, 2.45) is 12.8 Å². The largest absolute Gasteiger partial charge is 0.496 e. The van der Waals surface area contributed by atoms with E-state index in [0.29, 0.717) is 11.3 Å². The summed E-state index contributed by atoms with van der Waals surface area (Å²) in [6.45, 7) is 1.99. The minimum absolute atomic E-state index is 0.105. The van der Waals surface area contributed by atoms with Crippen molar-refractivity contribution in [1.29, 1.82) is 0 Å². The van der Waals surface area contributed by atoms with Crippen LogP contribution in [0.25, 0.3) is 11.3 Å². The van der Waals surface area contributed by atoms with Crippen LogP contribution in [0.2, 0.25) is 0 Å². The molecule has 2 aromatic rings. The van der Waals surface area contributed by atoms with Crippen molar-refractivity contribution in [2.75, 3.05) is 7.11 Å². The van der Waals surface area contributed by atoms with E-state index >= 15 is 0 Å². The van der Waals surface area contributed by atoms with Gasteiger partial charge in [0.2, 0.25) is 0 Å². The number of pyridine rings is 1. The second-order valence-corrected chi connectivity index (χ2v) is 5.00. The smallest absolute Gasteiger partial charge is 0.261 e. The lowest BCUT2D eigenvalue weighted by atomic mass is 10.1. The maximum absolute atomic E-state index is 12.2. The van der Waals surface area contributed by atoms with Crippen molar-refractivity contribution in [1.82, 2.24) is 4.57 Å². The maximum Gasteiger partial charge on any atom is 0.261 e. The third-order valence-corrected chi connectivity index (χ3v) is 3.42. The highest BCUT2D eigenvalue weighted by Gasteiger charge is 2.13. The van der Waals surface area contributed by atoms with Gasteiger partial charge in [0, 0.05) is 12.6 Å². The molecule has 0 radical (unpaired) electrons. The molecule has 0 aliphatic heterocycles. The average molecular weight is 288 g/mol. The molecule has 20 heavy (non-hydrogen) atoms. The van der Waals surface area contributed by atoms with Gasteiger partial charge in [-0.05, 0) is 31.2 Å². The molecule has 0 fully saturated rings. The maximum atomic E-state index is 12.2. The van der Waals surface area contributed by atoms with Crippen LogP contribution >= 0.6 is 12.2 Å². The predicted molar refractivity (Wildman–Crippen MR) is 84.3 cm³/mol. The fourth-order valence-electron chi connectivity index (χ4n) is 2.12. The molecule has 0 aliphatic carbocycles. The molecule has 4 nitrogen and oxygen atoms in total. The molecule has 0 amide bonds. The van der Waals surface area contributed by atoms with Crippen LogP contribution in [0.1, 0.15) is 11.1 Å². The van der Waals surface area contributed by atoms with Crippen LogP contribution in [0.4, 0.5) is 0 Å². The van der Waals surface area contributed by atoms with Crippen LogP contribution in [0.5, 0.6) is 5.75 Å². The molecule has 0 unspecified atom stereocenters. The zero-order valence-electron chi connectivity index (χ0n) is 11.6. The van der Waals surface area contributed by atoms with Gasteiger partial charge in [0.25, 0.3) is 5.56 Å². The van der Waals surface area contributed by atoms with E-state index in [-0.39, 0.29) is 10.5 Å². The topological polar surface area (TPSA) is 57.2 Å². The molecular formula is C15H16N2O2S. The summed E-state index contributed by atoms with van der Waals surface area (Å²) in [6.07, 6.45) is 0. The van der Waals surface area contributed by atoms with E-state index < -0.39 is 0 Å². The Morgan fingerprint density at radius 3 is 2.60 bits per heavy atom. The summed E-state index contributed by atoms with van der Waals surface area (Å²) in [6, 6.07) is 9.31. The van der Waals surface area contributed by atoms with E-state index in [0.717, 1.165) is 16.8 Å².